The highest BCUT2D eigenvalue weighted by molar-refractivity contribution is 8.00. The van der Waals surface area contributed by atoms with Gasteiger partial charge in [-0.2, -0.15) is 0 Å². The molecule has 0 unspecified atom stereocenters. The molecule has 120 valence electrons. The maximum atomic E-state index is 12.1. The predicted octanol–water partition coefficient (Wildman–Crippen LogP) is 2.17. The number of hydrogen-bond donors (Lipinski definition) is 1. The Morgan fingerprint density at radius 1 is 1.48 bits per heavy atom. The second-order valence-electron chi connectivity index (χ2n) is 4.76. The maximum Gasteiger partial charge on any atom is 0.233 e. The molecule has 0 aliphatic heterocycles. The first kappa shape index (κ1) is 15.8. The second-order valence-corrected chi connectivity index (χ2v) is 7.10. The van der Waals surface area contributed by atoms with Crippen LogP contribution in [0.15, 0.2) is 45.5 Å². The molecule has 0 aromatic carbocycles. The number of amides is 1. The van der Waals surface area contributed by atoms with E-state index in [9.17, 15) is 4.79 Å². The quantitative estimate of drug-likeness (QED) is 0.658. The van der Waals surface area contributed by atoms with Gasteiger partial charge >= 0.3 is 0 Å². The third-order valence-corrected chi connectivity index (χ3v) is 4.99. The van der Waals surface area contributed by atoms with Gasteiger partial charge in [0, 0.05) is 4.88 Å². The summed E-state index contributed by atoms with van der Waals surface area (Å²) in [5.41, 5.74) is 0. The molecule has 0 bridgehead atoms. The summed E-state index contributed by atoms with van der Waals surface area (Å²) < 4.78 is 6.89. The van der Waals surface area contributed by atoms with Gasteiger partial charge in [0.1, 0.15) is 5.76 Å². The number of carbonyl (C=O) groups is 1. The standard InChI is InChI=1S/C14H15N5O2S2/c1-10(13(20)15-8-11-4-2-6-21-11)23-14-16-17-18-19(14)9-12-5-3-7-22-12/h2-7,10H,8-9H2,1H3,(H,15,20)/t10-/m0/s1. The summed E-state index contributed by atoms with van der Waals surface area (Å²) in [5.74, 6) is 0.634. The van der Waals surface area contributed by atoms with Crippen molar-refractivity contribution in [2.45, 2.75) is 30.4 Å². The Bertz CT molecular complexity index is 739. The van der Waals surface area contributed by atoms with Gasteiger partial charge in [-0.15, -0.1) is 16.4 Å². The summed E-state index contributed by atoms with van der Waals surface area (Å²) in [6, 6.07) is 7.63. The van der Waals surface area contributed by atoms with Crippen LogP contribution in [0.3, 0.4) is 0 Å². The molecule has 0 fully saturated rings. The normalized spacial score (nSPS) is 12.2. The molecule has 1 N–H and O–H groups in total. The molecular weight excluding hydrogens is 334 g/mol. The van der Waals surface area contributed by atoms with E-state index in [1.165, 1.54) is 11.8 Å². The molecule has 3 rings (SSSR count). The Hall–Kier alpha value is -2.13. The Kier molecular flexibility index (Phi) is 5.09. The van der Waals surface area contributed by atoms with Crippen molar-refractivity contribution in [2.24, 2.45) is 0 Å². The minimum absolute atomic E-state index is 0.0860. The van der Waals surface area contributed by atoms with Crippen LogP contribution < -0.4 is 5.32 Å². The summed E-state index contributed by atoms with van der Waals surface area (Å²) in [4.78, 5) is 13.3. The third-order valence-electron chi connectivity index (χ3n) is 3.05. The highest BCUT2D eigenvalue weighted by Gasteiger charge is 2.18. The van der Waals surface area contributed by atoms with Gasteiger partial charge in [0.05, 0.1) is 24.6 Å². The van der Waals surface area contributed by atoms with Gasteiger partial charge in [-0.05, 0) is 40.9 Å². The summed E-state index contributed by atoms with van der Waals surface area (Å²) in [6.45, 7) is 2.80. The first-order valence-electron chi connectivity index (χ1n) is 6.97. The van der Waals surface area contributed by atoms with E-state index in [1.807, 2.05) is 30.5 Å². The fourth-order valence-electron chi connectivity index (χ4n) is 1.87. The van der Waals surface area contributed by atoms with Crippen LogP contribution in [0.5, 0.6) is 0 Å². The number of aromatic nitrogens is 4. The SMILES string of the molecule is C[C@H](Sc1nnnn1Cc1cccs1)C(=O)NCc1ccco1. The van der Waals surface area contributed by atoms with E-state index in [1.54, 1.807) is 28.3 Å². The average molecular weight is 349 g/mol. The van der Waals surface area contributed by atoms with Gasteiger partial charge < -0.3 is 9.73 Å². The van der Waals surface area contributed by atoms with Gasteiger partial charge in [0.15, 0.2) is 0 Å². The third kappa shape index (κ3) is 4.20. The minimum atomic E-state index is -0.307. The molecule has 0 saturated heterocycles. The fraction of sp³-hybridized carbons (Fsp3) is 0.286. The minimum Gasteiger partial charge on any atom is -0.467 e. The second kappa shape index (κ2) is 7.42. The van der Waals surface area contributed by atoms with E-state index in [4.69, 9.17) is 4.42 Å². The lowest BCUT2D eigenvalue weighted by atomic mass is 10.4. The number of nitrogens with one attached hydrogen (secondary N) is 1. The van der Waals surface area contributed by atoms with Crippen LogP contribution in [0.25, 0.3) is 0 Å². The van der Waals surface area contributed by atoms with Gasteiger partial charge in [-0.3, -0.25) is 4.79 Å². The van der Waals surface area contributed by atoms with Crippen LogP contribution in [0, 0.1) is 0 Å². The van der Waals surface area contributed by atoms with Crippen LogP contribution >= 0.6 is 23.1 Å². The number of thiophene rings is 1. The number of rotatable bonds is 7. The molecule has 9 heteroatoms. The van der Waals surface area contributed by atoms with E-state index in [0.717, 1.165) is 10.6 Å². The van der Waals surface area contributed by atoms with Crippen molar-refractivity contribution in [1.82, 2.24) is 25.5 Å². The molecule has 1 atom stereocenters. The van der Waals surface area contributed by atoms with Gasteiger partial charge in [0.2, 0.25) is 11.1 Å². The number of thioether (sulfide) groups is 1. The van der Waals surface area contributed by atoms with Crippen molar-refractivity contribution in [3.05, 3.63) is 46.5 Å². The molecule has 7 nitrogen and oxygen atoms in total. The zero-order valence-corrected chi connectivity index (χ0v) is 14.0. The first-order valence-corrected chi connectivity index (χ1v) is 8.73. The van der Waals surface area contributed by atoms with Crippen LogP contribution in [-0.4, -0.2) is 31.4 Å². The van der Waals surface area contributed by atoms with Crippen LogP contribution in [0.1, 0.15) is 17.6 Å². The van der Waals surface area contributed by atoms with Crippen molar-refractivity contribution in [3.63, 3.8) is 0 Å². The Morgan fingerprint density at radius 3 is 3.13 bits per heavy atom. The van der Waals surface area contributed by atoms with E-state index >= 15 is 0 Å². The lowest BCUT2D eigenvalue weighted by Gasteiger charge is -2.10. The van der Waals surface area contributed by atoms with E-state index in [-0.39, 0.29) is 11.2 Å². The Labute approximate surface area is 141 Å². The van der Waals surface area contributed by atoms with Crippen molar-refractivity contribution >= 4 is 29.0 Å². The lowest BCUT2D eigenvalue weighted by Crippen LogP contribution is -2.30. The maximum absolute atomic E-state index is 12.1. The molecule has 3 aromatic heterocycles. The number of furan rings is 1. The predicted molar refractivity (Wildman–Crippen MR) is 87.1 cm³/mol. The highest BCUT2D eigenvalue weighted by Crippen LogP contribution is 2.21. The number of hydrogen-bond acceptors (Lipinski definition) is 7. The summed E-state index contributed by atoms with van der Waals surface area (Å²) in [5, 5.41) is 16.8. The van der Waals surface area contributed by atoms with Gasteiger partial charge in [-0.25, -0.2) is 4.68 Å². The Balaban J connectivity index is 1.56. The highest BCUT2D eigenvalue weighted by atomic mass is 32.2. The van der Waals surface area contributed by atoms with E-state index < -0.39 is 0 Å². The molecule has 0 aliphatic carbocycles. The molecule has 0 aliphatic rings. The van der Waals surface area contributed by atoms with Crippen molar-refractivity contribution in [1.29, 1.82) is 0 Å². The van der Waals surface area contributed by atoms with Crippen molar-refractivity contribution < 1.29 is 9.21 Å². The monoisotopic (exact) mass is 349 g/mol. The van der Waals surface area contributed by atoms with E-state index in [2.05, 4.69) is 20.8 Å². The Morgan fingerprint density at radius 2 is 2.39 bits per heavy atom. The molecule has 0 spiro atoms. The average Bonchev–Trinajstić information content (AvgIpc) is 3.28. The zero-order valence-electron chi connectivity index (χ0n) is 12.4. The molecule has 3 aromatic rings. The molecule has 3 heterocycles. The van der Waals surface area contributed by atoms with Crippen molar-refractivity contribution in [3.8, 4) is 0 Å². The smallest absolute Gasteiger partial charge is 0.233 e. The topological polar surface area (TPSA) is 85.8 Å². The summed E-state index contributed by atoms with van der Waals surface area (Å²) in [7, 11) is 0. The molecular formula is C14H15N5O2S2. The molecule has 23 heavy (non-hydrogen) atoms. The van der Waals surface area contributed by atoms with Crippen LogP contribution in [0.2, 0.25) is 0 Å². The van der Waals surface area contributed by atoms with Gasteiger partial charge in [0.25, 0.3) is 0 Å². The molecule has 0 saturated carbocycles. The van der Waals surface area contributed by atoms with Gasteiger partial charge in [-0.1, -0.05) is 17.8 Å². The molecule has 1 amide bonds. The molecule has 0 radical (unpaired) electrons. The number of nitrogens with zero attached hydrogens (tertiary/aromatic N) is 4. The van der Waals surface area contributed by atoms with Crippen LogP contribution in [0.4, 0.5) is 0 Å². The summed E-state index contributed by atoms with van der Waals surface area (Å²) >= 11 is 2.98. The van der Waals surface area contributed by atoms with Crippen molar-refractivity contribution in [2.75, 3.05) is 0 Å². The fourth-order valence-corrected chi connectivity index (χ4v) is 3.37. The summed E-state index contributed by atoms with van der Waals surface area (Å²) in [6.07, 6.45) is 1.58. The lowest BCUT2D eigenvalue weighted by molar-refractivity contribution is -0.120. The number of carbonyl (C=O) groups excluding carboxylic acids is 1. The zero-order chi connectivity index (χ0) is 16.1. The first-order chi connectivity index (χ1) is 11.2. The van der Waals surface area contributed by atoms with E-state index in [0.29, 0.717) is 18.2 Å². The number of tetrazole rings is 1. The van der Waals surface area contributed by atoms with Crippen LogP contribution in [-0.2, 0) is 17.9 Å². The largest absolute Gasteiger partial charge is 0.467 e.